The predicted octanol–water partition coefficient (Wildman–Crippen LogP) is 5.75. The highest BCUT2D eigenvalue weighted by atomic mass is 35.5. The number of hydrogen-bond acceptors (Lipinski definition) is 3. The molecule has 0 aliphatic carbocycles. The number of hydrogen-bond donors (Lipinski definition) is 0. The molecule has 33 heavy (non-hydrogen) atoms. The molecule has 0 spiro atoms. The van der Waals surface area contributed by atoms with Crippen molar-refractivity contribution in [3.05, 3.63) is 95.0 Å². The van der Waals surface area contributed by atoms with E-state index >= 15 is 0 Å². The Labute approximate surface area is 200 Å². The van der Waals surface area contributed by atoms with Crippen molar-refractivity contribution in [3.8, 4) is 0 Å². The van der Waals surface area contributed by atoms with Crippen molar-refractivity contribution in [3.63, 3.8) is 0 Å². The molecule has 7 heteroatoms. The van der Waals surface area contributed by atoms with Crippen LogP contribution in [0.3, 0.4) is 0 Å². The van der Waals surface area contributed by atoms with Gasteiger partial charge in [0, 0.05) is 18.2 Å². The van der Waals surface area contributed by atoms with Crippen molar-refractivity contribution in [2.24, 2.45) is 0 Å². The average molecular weight is 483 g/mol. The second-order valence-corrected chi connectivity index (χ2v) is 10.6. The normalized spacial score (nSPS) is 16.4. The fourth-order valence-electron chi connectivity index (χ4n) is 4.19. The van der Waals surface area contributed by atoms with Crippen molar-refractivity contribution in [2.75, 3.05) is 10.8 Å². The summed E-state index contributed by atoms with van der Waals surface area (Å²) < 4.78 is 29.0. The van der Waals surface area contributed by atoms with Crippen LogP contribution in [0.25, 0.3) is 0 Å². The van der Waals surface area contributed by atoms with Gasteiger partial charge in [-0.05, 0) is 62.1 Å². The number of nitrogens with zero attached hydrogens (tertiary/aromatic N) is 2. The minimum absolute atomic E-state index is 0.0638. The van der Waals surface area contributed by atoms with Crippen molar-refractivity contribution in [2.45, 2.75) is 43.7 Å². The van der Waals surface area contributed by atoms with Gasteiger partial charge in [0.05, 0.1) is 22.2 Å². The van der Waals surface area contributed by atoms with E-state index in [9.17, 15) is 13.2 Å². The summed E-state index contributed by atoms with van der Waals surface area (Å²) in [6, 6.07) is 22.7. The van der Waals surface area contributed by atoms with E-state index in [0.717, 1.165) is 24.8 Å². The molecule has 3 aromatic rings. The van der Waals surface area contributed by atoms with Crippen LogP contribution in [0, 0.1) is 0 Å². The Hall–Kier alpha value is -2.83. The fourth-order valence-corrected chi connectivity index (χ4v) is 5.99. The van der Waals surface area contributed by atoms with Gasteiger partial charge in [-0.25, -0.2) is 8.42 Å². The summed E-state index contributed by atoms with van der Waals surface area (Å²) in [5.41, 5.74) is 1.60. The van der Waals surface area contributed by atoms with Crippen LogP contribution in [-0.2, 0) is 16.6 Å². The molecule has 1 unspecified atom stereocenters. The lowest BCUT2D eigenvalue weighted by atomic mass is 10.0. The van der Waals surface area contributed by atoms with E-state index in [2.05, 4.69) is 0 Å². The summed E-state index contributed by atoms with van der Waals surface area (Å²) in [6.45, 7) is 2.85. The molecule has 5 nitrogen and oxygen atoms in total. The molecular weight excluding hydrogens is 456 g/mol. The number of anilines is 1. The van der Waals surface area contributed by atoms with Crippen molar-refractivity contribution >= 4 is 33.2 Å². The van der Waals surface area contributed by atoms with Gasteiger partial charge in [-0.1, -0.05) is 60.1 Å². The molecule has 1 aliphatic heterocycles. The second-order valence-electron chi connectivity index (χ2n) is 8.32. The number of amides is 1. The zero-order valence-corrected chi connectivity index (χ0v) is 20.1. The van der Waals surface area contributed by atoms with E-state index in [1.165, 1.54) is 16.4 Å². The molecule has 0 saturated carbocycles. The van der Waals surface area contributed by atoms with Crippen LogP contribution in [0.5, 0.6) is 0 Å². The number of rotatable bonds is 6. The van der Waals surface area contributed by atoms with E-state index in [1.54, 1.807) is 36.4 Å². The van der Waals surface area contributed by atoms with Crippen molar-refractivity contribution in [1.29, 1.82) is 0 Å². The first-order valence-electron chi connectivity index (χ1n) is 11.1. The Morgan fingerprint density at radius 2 is 1.73 bits per heavy atom. The maximum absolute atomic E-state index is 13.8. The smallest absolute Gasteiger partial charge is 0.264 e. The van der Waals surface area contributed by atoms with Gasteiger partial charge in [-0.2, -0.15) is 0 Å². The summed E-state index contributed by atoms with van der Waals surface area (Å²) in [5, 5.41) is 0.339. The van der Waals surface area contributed by atoms with Gasteiger partial charge >= 0.3 is 0 Å². The highest BCUT2D eigenvalue weighted by Crippen LogP contribution is 2.32. The molecular formula is C26H27ClN2O3S. The van der Waals surface area contributed by atoms with E-state index in [-0.39, 0.29) is 23.4 Å². The van der Waals surface area contributed by atoms with Crippen LogP contribution < -0.4 is 4.31 Å². The van der Waals surface area contributed by atoms with E-state index in [1.807, 2.05) is 42.2 Å². The van der Waals surface area contributed by atoms with E-state index < -0.39 is 10.0 Å². The molecule has 1 saturated heterocycles. The minimum atomic E-state index is -4.00. The molecule has 1 aliphatic rings. The van der Waals surface area contributed by atoms with Crippen molar-refractivity contribution < 1.29 is 13.2 Å². The van der Waals surface area contributed by atoms with Gasteiger partial charge < -0.3 is 4.90 Å². The molecule has 1 fully saturated rings. The lowest BCUT2D eigenvalue weighted by Crippen LogP contribution is -2.42. The Bertz CT molecular complexity index is 1230. The molecule has 0 radical (unpaired) electrons. The number of benzene rings is 3. The fraction of sp³-hybridized carbons (Fsp3) is 0.269. The number of likely N-dealkylation sites (tertiary alicyclic amines) is 1. The van der Waals surface area contributed by atoms with Crippen LogP contribution in [0.2, 0.25) is 5.02 Å². The maximum atomic E-state index is 13.8. The highest BCUT2D eigenvalue weighted by molar-refractivity contribution is 7.92. The first-order chi connectivity index (χ1) is 15.9. The topological polar surface area (TPSA) is 57.7 Å². The molecule has 1 amide bonds. The van der Waals surface area contributed by atoms with Gasteiger partial charge in [-0.3, -0.25) is 9.10 Å². The summed E-state index contributed by atoms with van der Waals surface area (Å²) in [7, 11) is -4.00. The number of carbonyl (C=O) groups excluding carboxylic acids is 1. The molecule has 0 bridgehead atoms. The summed E-state index contributed by atoms with van der Waals surface area (Å²) in [6.07, 6.45) is 3.03. The Morgan fingerprint density at radius 1 is 1.00 bits per heavy atom. The molecule has 172 valence electrons. The summed E-state index contributed by atoms with van der Waals surface area (Å²) in [4.78, 5) is 15.1. The monoisotopic (exact) mass is 482 g/mol. The van der Waals surface area contributed by atoms with Gasteiger partial charge in [0.15, 0.2) is 0 Å². The van der Waals surface area contributed by atoms with E-state index in [0.29, 0.717) is 22.8 Å². The Kier molecular flexibility index (Phi) is 7.05. The second kappa shape index (κ2) is 9.98. The van der Waals surface area contributed by atoms with Gasteiger partial charge in [-0.15, -0.1) is 0 Å². The lowest BCUT2D eigenvalue weighted by molar-refractivity contribution is 0.0635. The number of para-hydroxylation sites is 1. The Balaban J connectivity index is 1.73. The standard InChI is InChI=1S/C26H27ClN2O3S/c1-20-10-7-8-17-28(20)26(30)22-13-9-14-23(18-22)33(31,32)29(19-21-11-3-2-4-12-21)25-16-6-5-15-24(25)27/h2-6,9,11-16,18,20H,7-8,10,17,19H2,1H3. The Morgan fingerprint density at radius 3 is 2.45 bits per heavy atom. The molecule has 0 N–H and O–H groups in total. The third-order valence-electron chi connectivity index (χ3n) is 6.02. The van der Waals surface area contributed by atoms with Crippen molar-refractivity contribution in [1.82, 2.24) is 4.90 Å². The number of piperidine rings is 1. The minimum Gasteiger partial charge on any atom is -0.336 e. The van der Waals surface area contributed by atoms with Crippen LogP contribution >= 0.6 is 11.6 Å². The maximum Gasteiger partial charge on any atom is 0.264 e. The summed E-state index contributed by atoms with van der Waals surface area (Å²) >= 11 is 6.41. The van der Waals surface area contributed by atoms with Gasteiger partial charge in [0.2, 0.25) is 0 Å². The first kappa shape index (κ1) is 23.3. The van der Waals surface area contributed by atoms with E-state index in [4.69, 9.17) is 11.6 Å². The van der Waals surface area contributed by atoms with Crippen LogP contribution in [0.1, 0.15) is 42.1 Å². The SMILES string of the molecule is CC1CCCCN1C(=O)c1cccc(S(=O)(=O)N(Cc2ccccc2)c2ccccc2Cl)c1. The largest absolute Gasteiger partial charge is 0.336 e. The molecule has 4 rings (SSSR count). The van der Waals surface area contributed by atoms with Crippen LogP contribution in [0.15, 0.2) is 83.8 Å². The predicted molar refractivity (Wildman–Crippen MR) is 132 cm³/mol. The summed E-state index contributed by atoms with van der Waals surface area (Å²) in [5.74, 6) is -0.133. The average Bonchev–Trinajstić information content (AvgIpc) is 2.84. The number of sulfonamides is 1. The van der Waals surface area contributed by atoms with Crippen LogP contribution in [-0.4, -0.2) is 31.8 Å². The first-order valence-corrected chi connectivity index (χ1v) is 12.9. The molecule has 3 aromatic carbocycles. The highest BCUT2D eigenvalue weighted by Gasteiger charge is 2.29. The molecule has 1 heterocycles. The lowest BCUT2D eigenvalue weighted by Gasteiger charge is -2.33. The third-order valence-corrected chi connectivity index (χ3v) is 8.10. The quantitative estimate of drug-likeness (QED) is 0.449. The molecule has 1 atom stereocenters. The van der Waals surface area contributed by atoms with Gasteiger partial charge in [0.25, 0.3) is 15.9 Å². The zero-order chi connectivity index (χ0) is 23.4. The van der Waals surface area contributed by atoms with Crippen LogP contribution in [0.4, 0.5) is 5.69 Å². The number of carbonyl (C=O) groups is 1. The van der Waals surface area contributed by atoms with Gasteiger partial charge in [0.1, 0.15) is 0 Å². The number of halogens is 1. The molecule has 0 aromatic heterocycles. The zero-order valence-electron chi connectivity index (χ0n) is 18.5. The third kappa shape index (κ3) is 5.07.